The number of hydrogen-bond donors (Lipinski definition) is 2. The second-order valence-corrected chi connectivity index (χ2v) is 6.30. The Kier molecular flexibility index (Phi) is 4.36. The zero-order chi connectivity index (χ0) is 14.9. The average molecular weight is 276 g/mol. The van der Waals surface area contributed by atoms with Crippen LogP contribution in [0.5, 0.6) is 5.75 Å². The molecule has 0 bridgehead atoms. The van der Waals surface area contributed by atoms with Crippen LogP contribution in [0.2, 0.25) is 0 Å². The Morgan fingerprint density at radius 2 is 1.85 bits per heavy atom. The lowest BCUT2D eigenvalue weighted by Gasteiger charge is -2.19. The summed E-state index contributed by atoms with van der Waals surface area (Å²) in [5.74, 6) is 0.914. The number of rotatable bonds is 6. The predicted molar refractivity (Wildman–Crippen MR) is 79.3 cm³/mol. The van der Waals surface area contributed by atoms with Crippen molar-refractivity contribution in [2.45, 2.75) is 58.3 Å². The van der Waals surface area contributed by atoms with E-state index in [2.05, 4.69) is 20.8 Å². The van der Waals surface area contributed by atoms with Crippen LogP contribution in [0.4, 0.5) is 0 Å². The molecule has 1 unspecified atom stereocenters. The standard InChI is InChI=1S/C17H24O3/c1-10(2)14-8-12(4-7-16(18)19)9-15(17(14)20)11(3)13-5-6-13/h8-11,13,20H,4-7H2,1-3H3,(H,18,19). The van der Waals surface area contributed by atoms with Crippen molar-refractivity contribution in [3.05, 3.63) is 28.8 Å². The van der Waals surface area contributed by atoms with Crippen LogP contribution < -0.4 is 0 Å². The predicted octanol–water partition coefficient (Wildman–Crippen LogP) is 4.05. The minimum Gasteiger partial charge on any atom is -0.507 e. The Labute approximate surface area is 120 Å². The van der Waals surface area contributed by atoms with E-state index in [1.54, 1.807) is 0 Å². The van der Waals surface area contributed by atoms with Gasteiger partial charge >= 0.3 is 5.97 Å². The number of carbonyl (C=O) groups is 1. The van der Waals surface area contributed by atoms with Gasteiger partial charge in [-0.2, -0.15) is 0 Å². The van der Waals surface area contributed by atoms with Gasteiger partial charge in [0.2, 0.25) is 0 Å². The van der Waals surface area contributed by atoms with Crippen molar-refractivity contribution in [1.29, 1.82) is 0 Å². The molecule has 0 amide bonds. The highest BCUT2D eigenvalue weighted by Gasteiger charge is 2.31. The SMILES string of the molecule is CC(C)c1cc(CCC(=O)O)cc(C(C)C2CC2)c1O. The fourth-order valence-electron chi connectivity index (χ4n) is 2.78. The Hall–Kier alpha value is -1.51. The Morgan fingerprint density at radius 3 is 2.35 bits per heavy atom. The van der Waals surface area contributed by atoms with Crippen molar-refractivity contribution in [3.8, 4) is 5.75 Å². The van der Waals surface area contributed by atoms with E-state index in [-0.39, 0.29) is 12.3 Å². The number of hydrogen-bond acceptors (Lipinski definition) is 2. The Bertz CT molecular complexity index is 501. The topological polar surface area (TPSA) is 57.5 Å². The largest absolute Gasteiger partial charge is 0.507 e. The fraction of sp³-hybridized carbons (Fsp3) is 0.588. The van der Waals surface area contributed by atoms with Crippen LogP contribution in [0.3, 0.4) is 0 Å². The summed E-state index contributed by atoms with van der Waals surface area (Å²) in [6.07, 6.45) is 3.13. The minimum atomic E-state index is -0.777. The van der Waals surface area contributed by atoms with E-state index in [1.807, 2.05) is 12.1 Å². The van der Waals surface area contributed by atoms with Crippen LogP contribution in [0.1, 0.15) is 68.6 Å². The molecule has 1 aromatic rings. The van der Waals surface area contributed by atoms with Gasteiger partial charge in [0.05, 0.1) is 0 Å². The maximum absolute atomic E-state index is 10.7. The van der Waals surface area contributed by atoms with Gasteiger partial charge in [-0.05, 0) is 53.7 Å². The summed E-state index contributed by atoms with van der Waals surface area (Å²) in [4.78, 5) is 10.7. The summed E-state index contributed by atoms with van der Waals surface area (Å²) >= 11 is 0. The van der Waals surface area contributed by atoms with Crippen LogP contribution in [0.15, 0.2) is 12.1 Å². The van der Waals surface area contributed by atoms with Gasteiger partial charge in [-0.1, -0.05) is 32.9 Å². The Morgan fingerprint density at radius 1 is 1.25 bits per heavy atom. The third-order valence-corrected chi connectivity index (χ3v) is 4.30. The molecule has 0 radical (unpaired) electrons. The van der Waals surface area contributed by atoms with E-state index in [9.17, 15) is 9.90 Å². The van der Waals surface area contributed by atoms with Crippen LogP contribution in [-0.4, -0.2) is 16.2 Å². The number of phenolic OH excluding ortho intramolecular Hbond substituents is 1. The van der Waals surface area contributed by atoms with Crippen molar-refractivity contribution in [3.63, 3.8) is 0 Å². The molecular formula is C17H24O3. The first-order valence-electron chi connectivity index (χ1n) is 7.47. The summed E-state index contributed by atoms with van der Waals surface area (Å²) < 4.78 is 0. The molecule has 0 spiro atoms. The smallest absolute Gasteiger partial charge is 0.303 e. The molecule has 1 aromatic carbocycles. The van der Waals surface area contributed by atoms with E-state index in [1.165, 1.54) is 12.8 Å². The van der Waals surface area contributed by atoms with Gasteiger partial charge in [0.25, 0.3) is 0 Å². The van der Waals surface area contributed by atoms with Gasteiger partial charge < -0.3 is 10.2 Å². The third-order valence-electron chi connectivity index (χ3n) is 4.30. The fourth-order valence-corrected chi connectivity index (χ4v) is 2.78. The highest BCUT2D eigenvalue weighted by molar-refractivity contribution is 5.67. The molecule has 0 heterocycles. The molecule has 2 rings (SSSR count). The molecule has 1 fully saturated rings. The lowest BCUT2D eigenvalue weighted by atomic mass is 9.87. The zero-order valence-electron chi connectivity index (χ0n) is 12.5. The minimum absolute atomic E-state index is 0.138. The molecule has 1 aliphatic rings. The van der Waals surface area contributed by atoms with Crippen LogP contribution in [-0.2, 0) is 11.2 Å². The van der Waals surface area contributed by atoms with Crippen molar-refractivity contribution in [2.75, 3.05) is 0 Å². The molecule has 0 aromatic heterocycles. The maximum Gasteiger partial charge on any atom is 0.303 e. The number of phenols is 1. The first-order valence-corrected chi connectivity index (χ1v) is 7.47. The van der Waals surface area contributed by atoms with Gasteiger partial charge in [-0.3, -0.25) is 4.79 Å². The van der Waals surface area contributed by atoms with Crippen LogP contribution >= 0.6 is 0 Å². The maximum atomic E-state index is 10.7. The number of aromatic hydroxyl groups is 1. The van der Waals surface area contributed by atoms with E-state index in [4.69, 9.17) is 5.11 Å². The van der Waals surface area contributed by atoms with E-state index in [0.717, 1.165) is 16.7 Å². The zero-order valence-corrected chi connectivity index (χ0v) is 12.5. The number of carboxylic acids is 1. The Balaban J connectivity index is 2.35. The van der Waals surface area contributed by atoms with Crippen LogP contribution in [0, 0.1) is 5.92 Å². The van der Waals surface area contributed by atoms with Gasteiger partial charge in [0.15, 0.2) is 0 Å². The first kappa shape index (κ1) is 14.9. The molecule has 1 atom stereocenters. The molecule has 20 heavy (non-hydrogen) atoms. The average Bonchev–Trinajstić information content (AvgIpc) is 3.20. The number of benzene rings is 1. The summed E-state index contributed by atoms with van der Waals surface area (Å²) in [6.45, 7) is 6.28. The van der Waals surface area contributed by atoms with Gasteiger partial charge in [-0.25, -0.2) is 0 Å². The van der Waals surface area contributed by atoms with Gasteiger partial charge in [0, 0.05) is 6.42 Å². The van der Waals surface area contributed by atoms with Crippen molar-refractivity contribution in [1.82, 2.24) is 0 Å². The van der Waals surface area contributed by atoms with Crippen molar-refractivity contribution in [2.24, 2.45) is 5.92 Å². The number of aliphatic carboxylic acids is 1. The van der Waals surface area contributed by atoms with Crippen molar-refractivity contribution >= 4 is 5.97 Å². The summed E-state index contributed by atoms with van der Waals surface area (Å²) in [5, 5.41) is 19.3. The lowest BCUT2D eigenvalue weighted by molar-refractivity contribution is -0.136. The van der Waals surface area contributed by atoms with Crippen molar-refractivity contribution < 1.29 is 15.0 Å². The molecule has 2 N–H and O–H groups in total. The van der Waals surface area contributed by atoms with Gasteiger partial charge in [-0.15, -0.1) is 0 Å². The molecule has 1 saturated carbocycles. The molecule has 0 aliphatic heterocycles. The van der Waals surface area contributed by atoms with Gasteiger partial charge in [0.1, 0.15) is 5.75 Å². The molecule has 110 valence electrons. The molecule has 1 aliphatic carbocycles. The summed E-state index contributed by atoms with van der Waals surface area (Å²) in [5.41, 5.74) is 2.96. The number of aryl methyl sites for hydroxylation is 1. The van der Waals surface area contributed by atoms with E-state index >= 15 is 0 Å². The lowest BCUT2D eigenvalue weighted by Crippen LogP contribution is -2.04. The molecule has 0 saturated heterocycles. The summed E-state index contributed by atoms with van der Waals surface area (Å²) in [6, 6.07) is 3.97. The molecule has 3 heteroatoms. The van der Waals surface area contributed by atoms with Crippen LogP contribution in [0.25, 0.3) is 0 Å². The second kappa shape index (κ2) is 5.86. The third kappa shape index (κ3) is 3.33. The quantitative estimate of drug-likeness (QED) is 0.824. The molecule has 3 nitrogen and oxygen atoms in total. The van der Waals surface area contributed by atoms with E-state index in [0.29, 0.717) is 24.0 Å². The highest BCUT2D eigenvalue weighted by atomic mass is 16.4. The second-order valence-electron chi connectivity index (χ2n) is 6.30. The first-order chi connectivity index (χ1) is 9.40. The monoisotopic (exact) mass is 276 g/mol. The highest BCUT2D eigenvalue weighted by Crippen LogP contribution is 2.46. The molecular weight excluding hydrogens is 252 g/mol. The number of carboxylic acid groups (broad SMARTS) is 1. The summed E-state index contributed by atoms with van der Waals surface area (Å²) in [7, 11) is 0. The normalized spacial score (nSPS) is 16.4. The van der Waals surface area contributed by atoms with E-state index < -0.39 is 5.97 Å².